The molecular formula is C13H6F6. The van der Waals surface area contributed by atoms with Gasteiger partial charge in [0.05, 0.1) is 5.56 Å². The lowest BCUT2D eigenvalue weighted by Gasteiger charge is -2.09. The average molecular weight is 276 g/mol. The van der Waals surface area contributed by atoms with E-state index in [9.17, 15) is 26.3 Å². The first-order chi connectivity index (χ1) is 8.82. The fraction of sp³-hybridized carbons (Fsp3) is 0.0769. The second-order valence-electron chi connectivity index (χ2n) is 3.96. The molecule has 0 aliphatic rings. The Morgan fingerprint density at radius 1 is 0.632 bits per heavy atom. The van der Waals surface area contributed by atoms with Gasteiger partial charge in [-0.05, 0) is 30.2 Å². The quantitative estimate of drug-likeness (QED) is 0.409. The fourth-order valence-electron chi connectivity index (χ4n) is 1.74. The Hall–Kier alpha value is -1.98. The van der Waals surface area contributed by atoms with Crippen molar-refractivity contribution in [3.63, 3.8) is 0 Å². The third kappa shape index (κ3) is 2.18. The molecule has 0 nitrogen and oxygen atoms in total. The van der Waals surface area contributed by atoms with Crippen LogP contribution < -0.4 is 0 Å². The Kier molecular flexibility index (Phi) is 3.26. The largest absolute Gasteiger partial charge is 0.207 e. The maximum absolute atomic E-state index is 13.5. The summed E-state index contributed by atoms with van der Waals surface area (Å²) in [4.78, 5) is 0. The molecule has 0 saturated carbocycles. The molecule has 0 radical (unpaired) electrons. The number of aryl methyl sites for hydroxylation is 1. The molecule has 0 saturated heterocycles. The highest BCUT2D eigenvalue weighted by Gasteiger charge is 2.26. The Morgan fingerprint density at radius 3 is 1.58 bits per heavy atom. The van der Waals surface area contributed by atoms with Crippen LogP contribution in [0.5, 0.6) is 0 Å². The van der Waals surface area contributed by atoms with Crippen molar-refractivity contribution in [1.29, 1.82) is 0 Å². The van der Waals surface area contributed by atoms with Crippen LogP contribution in [0.2, 0.25) is 0 Å². The van der Waals surface area contributed by atoms with Gasteiger partial charge in [0.2, 0.25) is 5.82 Å². The molecule has 0 heterocycles. The van der Waals surface area contributed by atoms with E-state index in [-0.39, 0.29) is 0 Å². The van der Waals surface area contributed by atoms with Crippen molar-refractivity contribution < 1.29 is 26.3 Å². The predicted molar refractivity (Wildman–Crippen MR) is 56.4 cm³/mol. The van der Waals surface area contributed by atoms with E-state index in [2.05, 4.69) is 0 Å². The van der Waals surface area contributed by atoms with Gasteiger partial charge < -0.3 is 0 Å². The van der Waals surface area contributed by atoms with E-state index in [1.54, 1.807) is 0 Å². The third-order valence-electron chi connectivity index (χ3n) is 2.54. The first kappa shape index (κ1) is 13.5. The molecule has 6 heteroatoms. The number of hydrogen-bond donors (Lipinski definition) is 0. The van der Waals surface area contributed by atoms with Gasteiger partial charge in [0.25, 0.3) is 0 Å². The summed E-state index contributed by atoms with van der Waals surface area (Å²) < 4.78 is 79.1. The van der Waals surface area contributed by atoms with Crippen molar-refractivity contribution in [1.82, 2.24) is 0 Å². The number of halogens is 6. The Labute approximate surface area is 104 Å². The second-order valence-corrected chi connectivity index (χ2v) is 3.96. The van der Waals surface area contributed by atoms with Crippen LogP contribution in [0.15, 0.2) is 18.2 Å². The molecule has 0 aliphatic heterocycles. The molecule has 0 atom stereocenters. The van der Waals surface area contributed by atoms with Gasteiger partial charge in [0, 0.05) is 0 Å². The van der Waals surface area contributed by atoms with Gasteiger partial charge >= 0.3 is 0 Å². The van der Waals surface area contributed by atoms with Crippen molar-refractivity contribution in [2.24, 2.45) is 0 Å². The molecule has 0 fully saturated rings. The normalized spacial score (nSPS) is 10.9. The van der Waals surface area contributed by atoms with Crippen LogP contribution in [-0.2, 0) is 0 Å². The number of hydrogen-bond acceptors (Lipinski definition) is 0. The molecule has 2 aromatic carbocycles. The second kappa shape index (κ2) is 4.60. The highest BCUT2D eigenvalue weighted by Crippen LogP contribution is 2.32. The summed E-state index contributed by atoms with van der Waals surface area (Å²) in [6.45, 7) is 1.43. The summed E-state index contributed by atoms with van der Waals surface area (Å²) in [6.07, 6.45) is 0. The molecule has 19 heavy (non-hydrogen) atoms. The van der Waals surface area contributed by atoms with Crippen molar-refractivity contribution in [2.75, 3.05) is 0 Å². The molecule has 2 rings (SSSR count). The molecule has 0 bridgehead atoms. The summed E-state index contributed by atoms with van der Waals surface area (Å²) in [7, 11) is 0. The number of rotatable bonds is 1. The minimum atomic E-state index is -2.24. The monoisotopic (exact) mass is 276 g/mol. The lowest BCUT2D eigenvalue weighted by atomic mass is 10.0. The van der Waals surface area contributed by atoms with Gasteiger partial charge in [-0.15, -0.1) is 0 Å². The van der Waals surface area contributed by atoms with Crippen LogP contribution in [0.1, 0.15) is 5.56 Å². The standard InChI is InChI=1S/C13H6F6/c1-5-2-6(4-7(14)3-5)8-9(15)11(17)13(19)12(18)10(8)16/h2-4H,1H3. The Balaban J connectivity index is 2.82. The maximum atomic E-state index is 13.5. The van der Waals surface area contributed by atoms with Crippen molar-refractivity contribution in [3.05, 3.63) is 58.7 Å². The fourth-order valence-corrected chi connectivity index (χ4v) is 1.74. The minimum Gasteiger partial charge on any atom is -0.207 e. The maximum Gasteiger partial charge on any atom is 0.200 e. The molecule has 0 unspecified atom stereocenters. The van der Waals surface area contributed by atoms with E-state index in [0.717, 1.165) is 12.1 Å². The summed E-state index contributed by atoms with van der Waals surface area (Å²) >= 11 is 0. The Morgan fingerprint density at radius 2 is 1.11 bits per heavy atom. The number of benzene rings is 2. The zero-order valence-corrected chi connectivity index (χ0v) is 9.50. The zero-order valence-electron chi connectivity index (χ0n) is 9.50. The molecule has 0 aromatic heterocycles. The SMILES string of the molecule is Cc1cc(F)cc(-c2c(F)c(F)c(F)c(F)c2F)c1. The highest BCUT2D eigenvalue weighted by atomic mass is 19.2. The van der Waals surface area contributed by atoms with Crippen LogP contribution in [-0.4, -0.2) is 0 Å². The van der Waals surface area contributed by atoms with E-state index in [1.165, 1.54) is 6.92 Å². The molecular weight excluding hydrogens is 270 g/mol. The topological polar surface area (TPSA) is 0 Å². The van der Waals surface area contributed by atoms with E-state index in [0.29, 0.717) is 11.6 Å². The smallest absolute Gasteiger partial charge is 0.200 e. The van der Waals surface area contributed by atoms with Gasteiger partial charge in [-0.1, -0.05) is 6.07 Å². The molecule has 0 aliphatic carbocycles. The average Bonchev–Trinajstić information content (AvgIpc) is 2.33. The van der Waals surface area contributed by atoms with Crippen LogP contribution in [0, 0.1) is 41.8 Å². The first-order valence-electron chi connectivity index (χ1n) is 5.12. The van der Waals surface area contributed by atoms with E-state index < -0.39 is 46.0 Å². The van der Waals surface area contributed by atoms with Crippen molar-refractivity contribution >= 4 is 0 Å². The van der Waals surface area contributed by atoms with E-state index in [1.807, 2.05) is 0 Å². The van der Waals surface area contributed by atoms with Crippen molar-refractivity contribution in [3.8, 4) is 11.1 Å². The van der Waals surface area contributed by atoms with E-state index in [4.69, 9.17) is 0 Å². The van der Waals surface area contributed by atoms with Gasteiger partial charge in [-0.25, -0.2) is 26.3 Å². The summed E-state index contributed by atoms with van der Waals surface area (Å²) in [5.41, 5.74) is -1.26. The molecule has 2 aromatic rings. The summed E-state index contributed by atoms with van der Waals surface area (Å²) in [5, 5.41) is 0. The zero-order chi connectivity index (χ0) is 14.3. The van der Waals surface area contributed by atoms with Crippen molar-refractivity contribution in [2.45, 2.75) is 6.92 Å². The van der Waals surface area contributed by atoms with Crippen LogP contribution in [0.25, 0.3) is 11.1 Å². The van der Waals surface area contributed by atoms with Gasteiger partial charge in [0.15, 0.2) is 23.3 Å². The third-order valence-corrected chi connectivity index (χ3v) is 2.54. The lowest BCUT2D eigenvalue weighted by molar-refractivity contribution is 0.381. The Bertz CT molecular complexity index is 613. The molecule has 0 N–H and O–H groups in total. The van der Waals surface area contributed by atoms with Crippen LogP contribution in [0.3, 0.4) is 0 Å². The molecule has 0 amide bonds. The summed E-state index contributed by atoms with van der Waals surface area (Å²) in [5.74, 6) is -11.2. The molecule has 100 valence electrons. The van der Waals surface area contributed by atoms with Crippen LogP contribution in [0.4, 0.5) is 26.3 Å². The predicted octanol–water partition coefficient (Wildman–Crippen LogP) is 4.50. The summed E-state index contributed by atoms with van der Waals surface area (Å²) in [6, 6.07) is 2.89. The van der Waals surface area contributed by atoms with Gasteiger partial charge in [0.1, 0.15) is 5.82 Å². The minimum absolute atomic E-state index is 0.291. The highest BCUT2D eigenvalue weighted by molar-refractivity contribution is 5.66. The van der Waals surface area contributed by atoms with Gasteiger partial charge in [-0.2, -0.15) is 0 Å². The molecule has 0 spiro atoms. The first-order valence-corrected chi connectivity index (χ1v) is 5.12. The van der Waals surface area contributed by atoms with Crippen LogP contribution >= 0.6 is 0 Å². The van der Waals surface area contributed by atoms with E-state index >= 15 is 0 Å². The van der Waals surface area contributed by atoms with Gasteiger partial charge in [-0.3, -0.25) is 0 Å². The lowest BCUT2D eigenvalue weighted by Crippen LogP contribution is -2.04.